The summed E-state index contributed by atoms with van der Waals surface area (Å²) in [6, 6.07) is 12.5. The van der Waals surface area contributed by atoms with Crippen LogP contribution < -0.4 is 15.2 Å². The maximum Gasteiger partial charge on any atom is 0.221 e. The lowest BCUT2D eigenvalue weighted by molar-refractivity contribution is 0.395. The minimum Gasteiger partial charge on any atom is -0.497 e. The number of hydrogen-bond acceptors (Lipinski definition) is 5. The molecular weight excluding hydrogens is 361 g/mol. The number of hydrogen-bond donors (Lipinski definition) is 1. The van der Waals surface area contributed by atoms with E-state index in [1.54, 1.807) is 44.6 Å². The summed E-state index contributed by atoms with van der Waals surface area (Å²) in [4.78, 5) is 8.60. The minimum atomic E-state index is 0.136. The van der Waals surface area contributed by atoms with E-state index in [9.17, 15) is 0 Å². The maximum atomic E-state index is 6.29. The molecule has 0 aliphatic rings. The Hall–Kier alpha value is -2.50. The van der Waals surface area contributed by atoms with Crippen LogP contribution in [0.1, 0.15) is 0 Å². The molecule has 128 valence electrons. The Bertz CT molecular complexity index is 932. The molecule has 2 aromatic carbocycles. The second-order valence-electron chi connectivity index (χ2n) is 5.19. The van der Waals surface area contributed by atoms with Crippen LogP contribution in [0.3, 0.4) is 0 Å². The highest BCUT2D eigenvalue weighted by Crippen LogP contribution is 2.35. The first kappa shape index (κ1) is 17.3. The fourth-order valence-electron chi connectivity index (χ4n) is 2.45. The number of halogens is 2. The second-order valence-corrected chi connectivity index (χ2v) is 6.03. The molecule has 0 aliphatic carbocycles. The van der Waals surface area contributed by atoms with Crippen molar-refractivity contribution < 1.29 is 9.47 Å². The molecular formula is C18H15Cl2N3O2. The third-order valence-corrected chi connectivity index (χ3v) is 4.18. The van der Waals surface area contributed by atoms with Crippen molar-refractivity contribution in [1.29, 1.82) is 0 Å². The molecule has 0 fully saturated rings. The molecule has 2 N–H and O–H groups in total. The van der Waals surface area contributed by atoms with Crippen molar-refractivity contribution in [3.8, 4) is 34.0 Å². The standard InChI is InChI=1S/C18H15Cl2N3O2/c1-24-11-4-6-13(17(8-11)25-2)16-9-15(22-18(21)23-16)12-5-3-10(19)7-14(12)20/h3-9H,1-2H3,(H2,21,22,23). The molecule has 3 rings (SSSR count). The van der Waals surface area contributed by atoms with Gasteiger partial charge < -0.3 is 15.2 Å². The zero-order chi connectivity index (χ0) is 18.0. The molecule has 1 heterocycles. The van der Waals surface area contributed by atoms with Gasteiger partial charge in [-0.05, 0) is 36.4 Å². The third-order valence-electron chi connectivity index (χ3n) is 3.64. The van der Waals surface area contributed by atoms with Gasteiger partial charge in [-0.3, -0.25) is 0 Å². The first-order chi connectivity index (χ1) is 12.0. The zero-order valence-electron chi connectivity index (χ0n) is 13.6. The van der Waals surface area contributed by atoms with Crippen molar-refractivity contribution in [3.05, 3.63) is 52.5 Å². The van der Waals surface area contributed by atoms with E-state index >= 15 is 0 Å². The van der Waals surface area contributed by atoms with Crippen LogP contribution in [-0.4, -0.2) is 24.2 Å². The summed E-state index contributed by atoms with van der Waals surface area (Å²) in [6.07, 6.45) is 0. The first-order valence-electron chi connectivity index (χ1n) is 7.34. The van der Waals surface area contributed by atoms with Crippen LogP contribution in [0, 0.1) is 0 Å². The average Bonchev–Trinajstić information content (AvgIpc) is 2.60. The van der Waals surface area contributed by atoms with Gasteiger partial charge in [0.25, 0.3) is 0 Å². The van der Waals surface area contributed by atoms with Gasteiger partial charge in [0.2, 0.25) is 5.95 Å². The number of nitrogens with two attached hydrogens (primary N) is 1. The average molecular weight is 376 g/mol. The number of benzene rings is 2. The van der Waals surface area contributed by atoms with Crippen LogP contribution in [-0.2, 0) is 0 Å². The highest BCUT2D eigenvalue weighted by atomic mass is 35.5. The van der Waals surface area contributed by atoms with Gasteiger partial charge >= 0.3 is 0 Å². The molecule has 7 heteroatoms. The quantitative estimate of drug-likeness (QED) is 0.714. The molecule has 5 nitrogen and oxygen atoms in total. The predicted octanol–water partition coefficient (Wildman–Crippen LogP) is 4.72. The van der Waals surface area contributed by atoms with Gasteiger partial charge in [-0.15, -0.1) is 0 Å². The van der Waals surface area contributed by atoms with Gasteiger partial charge in [0, 0.05) is 22.2 Å². The maximum absolute atomic E-state index is 6.29. The lowest BCUT2D eigenvalue weighted by Crippen LogP contribution is -2.00. The SMILES string of the molecule is COc1ccc(-c2cc(-c3ccc(Cl)cc3Cl)nc(N)n2)c(OC)c1. The highest BCUT2D eigenvalue weighted by Gasteiger charge is 2.14. The zero-order valence-corrected chi connectivity index (χ0v) is 15.1. The minimum absolute atomic E-state index is 0.136. The van der Waals surface area contributed by atoms with Gasteiger partial charge in [-0.1, -0.05) is 23.2 Å². The summed E-state index contributed by atoms with van der Waals surface area (Å²) in [5, 5.41) is 1.03. The van der Waals surface area contributed by atoms with E-state index in [2.05, 4.69) is 9.97 Å². The summed E-state index contributed by atoms with van der Waals surface area (Å²) >= 11 is 12.2. The lowest BCUT2D eigenvalue weighted by atomic mass is 10.1. The number of rotatable bonds is 4. The molecule has 0 aliphatic heterocycles. The number of ether oxygens (including phenoxy) is 2. The second kappa shape index (κ2) is 7.17. The Kier molecular flexibility index (Phi) is 4.97. The summed E-state index contributed by atoms with van der Waals surface area (Å²) in [6.45, 7) is 0. The van der Waals surface area contributed by atoms with Gasteiger partial charge in [0.15, 0.2) is 0 Å². The van der Waals surface area contributed by atoms with Crippen molar-refractivity contribution in [2.24, 2.45) is 0 Å². The smallest absolute Gasteiger partial charge is 0.221 e. The Morgan fingerprint density at radius 1 is 0.840 bits per heavy atom. The van der Waals surface area contributed by atoms with E-state index in [1.165, 1.54) is 0 Å². The van der Waals surface area contributed by atoms with Crippen LogP contribution in [0.5, 0.6) is 11.5 Å². The predicted molar refractivity (Wildman–Crippen MR) is 100 cm³/mol. The van der Waals surface area contributed by atoms with Gasteiger partial charge in [0.1, 0.15) is 11.5 Å². The van der Waals surface area contributed by atoms with E-state index in [-0.39, 0.29) is 5.95 Å². The topological polar surface area (TPSA) is 70.3 Å². The summed E-state index contributed by atoms with van der Waals surface area (Å²) in [5.41, 5.74) is 8.61. The van der Waals surface area contributed by atoms with E-state index in [0.29, 0.717) is 38.5 Å². The van der Waals surface area contributed by atoms with Crippen LogP contribution in [0.25, 0.3) is 22.5 Å². The largest absolute Gasteiger partial charge is 0.497 e. The molecule has 0 unspecified atom stereocenters. The molecule has 25 heavy (non-hydrogen) atoms. The molecule has 0 saturated carbocycles. The van der Waals surface area contributed by atoms with Gasteiger partial charge in [-0.2, -0.15) is 0 Å². The fraction of sp³-hybridized carbons (Fsp3) is 0.111. The monoisotopic (exact) mass is 375 g/mol. The van der Waals surface area contributed by atoms with Crippen molar-refractivity contribution in [2.75, 3.05) is 20.0 Å². The first-order valence-corrected chi connectivity index (χ1v) is 8.10. The fourth-order valence-corrected chi connectivity index (χ4v) is 2.95. The molecule has 0 spiro atoms. The molecule has 1 aromatic heterocycles. The molecule has 0 radical (unpaired) electrons. The normalized spacial score (nSPS) is 10.6. The molecule has 0 amide bonds. The Morgan fingerprint density at radius 2 is 1.52 bits per heavy atom. The molecule has 3 aromatic rings. The Balaban J connectivity index is 2.14. The Morgan fingerprint density at radius 3 is 2.16 bits per heavy atom. The van der Waals surface area contributed by atoms with E-state index in [0.717, 1.165) is 5.56 Å². The highest BCUT2D eigenvalue weighted by molar-refractivity contribution is 6.36. The van der Waals surface area contributed by atoms with Crippen LogP contribution in [0.15, 0.2) is 42.5 Å². The van der Waals surface area contributed by atoms with E-state index < -0.39 is 0 Å². The van der Waals surface area contributed by atoms with E-state index in [4.69, 9.17) is 38.4 Å². The summed E-state index contributed by atoms with van der Waals surface area (Å²) in [5.74, 6) is 1.44. The lowest BCUT2D eigenvalue weighted by Gasteiger charge is -2.12. The number of nitrogen functional groups attached to an aromatic ring is 1. The summed E-state index contributed by atoms with van der Waals surface area (Å²) < 4.78 is 10.7. The van der Waals surface area contributed by atoms with Crippen molar-refractivity contribution >= 4 is 29.2 Å². The Labute approximate surface area is 155 Å². The van der Waals surface area contributed by atoms with Gasteiger partial charge in [-0.25, -0.2) is 9.97 Å². The van der Waals surface area contributed by atoms with Gasteiger partial charge in [0.05, 0.1) is 30.6 Å². The third kappa shape index (κ3) is 3.62. The number of nitrogens with zero attached hydrogens (tertiary/aromatic N) is 2. The number of methoxy groups -OCH3 is 2. The van der Waals surface area contributed by atoms with E-state index in [1.807, 2.05) is 12.1 Å². The van der Waals surface area contributed by atoms with Crippen molar-refractivity contribution in [3.63, 3.8) is 0 Å². The van der Waals surface area contributed by atoms with Crippen LogP contribution >= 0.6 is 23.2 Å². The molecule has 0 bridgehead atoms. The van der Waals surface area contributed by atoms with Crippen molar-refractivity contribution in [2.45, 2.75) is 0 Å². The summed E-state index contributed by atoms with van der Waals surface area (Å²) in [7, 11) is 3.18. The number of aromatic nitrogens is 2. The van der Waals surface area contributed by atoms with Crippen LogP contribution in [0.4, 0.5) is 5.95 Å². The van der Waals surface area contributed by atoms with Crippen LogP contribution in [0.2, 0.25) is 10.0 Å². The van der Waals surface area contributed by atoms with Crippen molar-refractivity contribution in [1.82, 2.24) is 9.97 Å². The molecule has 0 atom stereocenters. The number of anilines is 1. The molecule has 0 saturated heterocycles.